The van der Waals surface area contributed by atoms with Crippen molar-refractivity contribution in [3.8, 4) is 0 Å². The van der Waals surface area contributed by atoms with Gasteiger partial charge in [-0.2, -0.15) is 0 Å². The summed E-state index contributed by atoms with van der Waals surface area (Å²) in [6, 6.07) is 1.72. The summed E-state index contributed by atoms with van der Waals surface area (Å²) in [5.74, 6) is -1.52. The van der Waals surface area contributed by atoms with Gasteiger partial charge >= 0.3 is 17.9 Å². The predicted molar refractivity (Wildman–Crippen MR) is 111 cm³/mol. The molecule has 32 heavy (non-hydrogen) atoms. The lowest BCUT2D eigenvalue weighted by Crippen LogP contribution is -2.59. The van der Waals surface area contributed by atoms with Gasteiger partial charge in [0.15, 0.2) is 0 Å². The molecule has 2 fully saturated rings. The minimum Gasteiger partial charge on any atom is -0.472 e. The Labute approximate surface area is 186 Å². The molecule has 4 rings (SSSR count). The Morgan fingerprint density at radius 3 is 2.62 bits per heavy atom. The minimum absolute atomic E-state index is 0.128. The fourth-order valence-corrected chi connectivity index (χ4v) is 6.26. The van der Waals surface area contributed by atoms with Gasteiger partial charge in [-0.1, -0.05) is 13.8 Å². The van der Waals surface area contributed by atoms with Crippen molar-refractivity contribution in [3.63, 3.8) is 0 Å². The highest BCUT2D eigenvalue weighted by Crippen LogP contribution is 2.65. The molecule has 3 aliphatic rings. The van der Waals surface area contributed by atoms with Crippen molar-refractivity contribution in [3.05, 3.63) is 35.8 Å². The van der Waals surface area contributed by atoms with Gasteiger partial charge in [-0.05, 0) is 48.7 Å². The van der Waals surface area contributed by atoms with Crippen molar-refractivity contribution in [2.45, 2.75) is 65.3 Å². The fraction of sp³-hybridized carbons (Fsp3) is 0.625. The van der Waals surface area contributed by atoms with Crippen LogP contribution in [0.25, 0.3) is 0 Å². The molecule has 1 aromatic rings. The normalized spacial score (nSPS) is 36.9. The Balaban J connectivity index is 1.79. The van der Waals surface area contributed by atoms with E-state index in [1.807, 2.05) is 6.92 Å². The lowest BCUT2D eigenvalue weighted by molar-refractivity contribution is -0.181. The fourth-order valence-electron chi connectivity index (χ4n) is 6.26. The van der Waals surface area contributed by atoms with Gasteiger partial charge < -0.3 is 23.7 Å². The Kier molecular flexibility index (Phi) is 5.69. The van der Waals surface area contributed by atoms with E-state index in [9.17, 15) is 19.5 Å². The van der Waals surface area contributed by atoms with Crippen LogP contribution in [0.4, 0.5) is 0 Å². The first-order chi connectivity index (χ1) is 15.1. The van der Waals surface area contributed by atoms with Crippen LogP contribution in [0.2, 0.25) is 0 Å². The van der Waals surface area contributed by atoms with Crippen LogP contribution < -0.4 is 0 Å². The van der Waals surface area contributed by atoms with Crippen LogP contribution in [0.15, 0.2) is 34.7 Å². The van der Waals surface area contributed by atoms with Crippen LogP contribution in [0.5, 0.6) is 0 Å². The molecule has 1 saturated carbocycles. The van der Waals surface area contributed by atoms with E-state index in [0.29, 0.717) is 30.4 Å². The van der Waals surface area contributed by atoms with Crippen LogP contribution in [0.1, 0.15) is 58.6 Å². The van der Waals surface area contributed by atoms with E-state index in [-0.39, 0.29) is 24.4 Å². The summed E-state index contributed by atoms with van der Waals surface area (Å²) in [6.45, 7) is 6.96. The third kappa shape index (κ3) is 3.64. The molecule has 0 aromatic carbocycles. The van der Waals surface area contributed by atoms with E-state index in [0.717, 1.165) is 0 Å². The number of aliphatic hydroxyl groups excluding tert-OH is 1. The first-order valence-corrected chi connectivity index (χ1v) is 11.0. The summed E-state index contributed by atoms with van der Waals surface area (Å²) in [7, 11) is 0. The molecule has 2 aliphatic carbocycles. The Hall–Kier alpha value is -2.61. The molecule has 2 heterocycles. The Morgan fingerprint density at radius 1 is 1.28 bits per heavy atom. The first kappa shape index (κ1) is 22.6. The summed E-state index contributed by atoms with van der Waals surface area (Å²) in [6.07, 6.45) is 4.18. The summed E-state index contributed by atoms with van der Waals surface area (Å²) in [5.41, 5.74) is -0.108. The molecular formula is C24H30O8. The first-order valence-electron chi connectivity index (χ1n) is 11.0. The molecule has 1 aromatic heterocycles. The molecule has 0 amide bonds. The highest BCUT2D eigenvalue weighted by atomic mass is 16.6. The Bertz CT molecular complexity index is 934. The van der Waals surface area contributed by atoms with E-state index in [4.69, 9.17) is 18.6 Å². The highest BCUT2D eigenvalue weighted by Gasteiger charge is 2.65. The van der Waals surface area contributed by atoms with Gasteiger partial charge in [0.1, 0.15) is 18.8 Å². The van der Waals surface area contributed by atoms with Gasteiger partial charge in [0, 0.05) is 30.4 Å². The number of carbonyl (C=O) groups is 3. The van der Waals surface area contributed by atoms with Crippen LogP contribution in [-0.4, -0.2) is 41.8 Å². The van der Waals surface area contributed by atoms with Crippen molar-refractivity contribution >= 4 is 17.9 Å². The molecule has 1 spiro atoms. The summed E-state index contributed by atoms with van der Waals surface area (Å²) in [4.78, 5) is 36.3. The molecule has 0 unspecified atom stereocenters. The number of hydrogen-bond acceptors (Lipinski definition) is 8. The number of ether oxygens (including phenoxy) is 3. The summed E-state index contributed by atoms with van der Waals surface area (Å²) in [5, 5.41) is 11.0. The van der Waals surface area contributed by atoms with Gasteiger partial charge in [-0.25, -0.2) is 4.79 Å². The minimum atomic E-state index is -0.811. The monoisotopic (exact) mass is 446 g/mol. The van der Waals surface area contributed by atoms with E-state index in [1.165, 1.54) is 26.4 Å². The van der Waals surface area contributed by atoms with E-state index in [2.05, 4.69) is 6.92 Å². The third-order valence-corrected chi connectivity index (χ3v) is 7.86. The molecule has 1 aliphatic heterocycles. The van der Waals surface area contributed by atoms with E-state index >= 15 is 0 Å². The zero-order valence-electron chi connectivity index (χ0n) is 18.8. The van der Waals surface area contributed by atoms with Crippen LogP contribution in [-0.2, 0) is 28.6 Å². The average molecular weight is 446 g/mol. The van der Waals surface area contributed by atoms with Crippen molar-refractivity contribution < 1.29 is 38.1 Å². The maximum atomic E-state index is 12.7. The molecule has 174 valence electrons. The van der Waals surface area contributed by atoms with Crippen molar-refractivity contribution in [2.24, 2.45) is 22.7 Å². The zero-order valence-corrected chi connectivity index (χ0v) is 18.8. The second-order valence-corrected chi connectivity index (χ2v) is 9.67. The molecule has 0 radical (unpaired) electrons. The molecule has 8 heteroatoms. The molecule has 8 nitrogen and oxygen atoms in total. The van der Waals surface area contributed by atoms with Gasteiger partial charge in [0.25, 0.3) is 0 Å². The van der Waals surface area contributed by atoms with Gasteiger partial charge in [0.2, 0.25) is 0 Å². The molecule has 1 saturated heterocycles. The largest absolute Gasteiger partial charge is 0.472 e. The second kappa shape index (κ2) is 8.06. The number of cyclic esters (lactones) is 1. The number of hydrogen-bond donors (Lipinski definition) is 1. The molecule has 7 atom stereocenters. The molecule has 0 bridgehead atoms. The van der Waals surface area contributed by atoms with Gasteiger partial charge in [-0.15, -0.1) is 0 Å². The van der Waals surface area contributed by atoms with Crippen molar-refractivity contribution in [1.82, 2.24) is 0 Å². The quantitative estimate of drug-likeness (QED) is 0.542. The summed E-state index contributed by atoms with van der Waals surface area (Å²) < 4.78 is 21.9. The smallest absolute Gasteiger partial charge is 0.334 e. The number of aliphatic hydroxyl groups is 1. The predicted octanol–water partition coefficient (Wildman–Crippen LogP) is 3.10. The number of carbonyl (C=O) groups excluding carboxylic acids is 3. The lowest BCUT2D eigenvalue weighted by atomic mass is 9.45. The number of furan rings is 1. The van der Waals surface area contributed by atoms with Gasteiger partial charge in [-0.3, -0.25) is 9.59 Å². The van der Waals surface area contributed by atoms with Crippen molar-refractivity contribution in [2.75, 3.05) is 6.61 Å². The Morgan fingerprint density at radius 2 is 2.00 bits per heavy atom. The SMILES string of the molecule is CC(=O)O[C@H]1C=C2C(=O)OC[C@]23C[C@@H](OC(C)=O)[C@@H](C)[C@@](C)(C[C@@H](O)c2ccoc2)[C@H]3C1. The highest BCUT2D eigenvalue weighted by molar-refractivity contribution is 5.93. The van der Waals surface area contributed by atoms with Crippen LogP contribution in [0, 0.1) is 22.7 Å². The molecular weight excluding hydrogens is 416 g/mol. The number of esters is 3. The standard InChI is InChI=1S/C24H30O8/c1-13-20(32-15(3)26)10-24-12-30-22(28)18(24)7-17(31-14(2)25)8-21(24)23(13,4)9-19(27)16-5-6-29-11-16/h5-7,11,13,17,19-21,27H,8-10,12H2,1-4H3/t13-,17+,19-,20-,21-,23-,24-/m1/s1. The van der Waals surface area contributed by atoms with E-state index in [1.54, 1.807) is 12.1 Å². The maximum Gasteiger partial charge on any atom is 0.334 e. The average Bonchev–Trinajstić information content (AvgIpc) is 3.34. The van der Waals surface area contributed by atoms with E-state index < -0.39 is 41.1 Å². The van der Waals surface area contributed by atoms with Crippen molar-refractivity contribution in [1.29, 1.82) is 0 Å². The van der Waals surface area contributed by atoms with Crippen LogP contribution >= 0.6 is 0 Å². The van der Waals surface area contributed by atoms with Crippen LogP contribution in [0.3, 0.4) is 0 Å². The third-order valence-electron chi connectivity index (χ3n) is 7.86. The molecule has 1 N–H and O–H groups in total. The maximum absolute atomic E-state index is 12.7. The van der Waals surface area contributed by atoms with Gasteiger partial charge in [0.05, 0.1) is 18.6 Å². The zero-order chi connectivity index (χ0) is 23.3. The lowest BCUT2D eigenvalue weighted by Gasteiger charge is -2.59. The number of rotatable bonds is 5. The topological polar surface area (TPSA) is 112 Å². The summed E-state index contributed by atoms with van der Waals surface area (Å²) >= 11 is 0. The second-order valence-electron chi connectivity index (χ2n) is 9.67.